The third-order valence-electron chi connectivity index (χ3n) is 4.55. The number of nitriles is 2. The van der Waals surface area contributed by atoms with Gasteiger partial charge in [-0.3, -0.25) is 4.79 Å². The van der Waals surface area contributed by atoms with Gasteiger partial charge in [0.15, 0.2) is 5.13 Å². The van der Waals surface area contributed by atoms with Crippen molar-refractivity contribution in [3.63, 3.8) is 0 Å². The molecule has 5 nitrogen and oxygen atoms in total. The van der Waals surface area contributed by atoms with E-state index in [-0.39, 0.29) is 29.1 Å². The number of hydrogen-bond donors (Lipinski definition) is 1. The number of nitrogens with zero attached hydrogens (tertiary/aromatic N) is 3. The van der Waals surface area contributed by atoms with Gasteiger partial charge in [0.25, 0.3) is 0 Å². The molecule has 1 N–H and O–H groups in total. The van der Waals surface area contributed by atoms with Crippen molar-refractivity contribution in [2.45, 2.75) is 31.1 Å². The summed E-state index contributed by atoms with van der Waals surface area (Å²) in [6.45, 7) is 0. The SMILES string of the molecule is N#Cc1ccc([C@@H](C(=O)Nc2ncc(Cl)s2)[C@@H]2CCC(F)(F)C2)cc1C#N. The molecule has 0 unspecified atom stereocenters. The third-order valence-corrected chi connectivity index (χ3v) is 5.58. The predicted molar refractivity (Wildman–Crippen MR) is 96.7 cm³/mol. The molecule has 1 aliphatic rings. The highest BCUT2D eigenvalue weighted by molar-refractivity contribution is 7.19. The molecule has 0 bridgehead atoms. The molecule has 138 valence electrons. The van der Waals surface area contributed by atoms with Crippen LogP contribution in [0.5, 0.6) is 0 Å². The minimum atomic E-state index is -2.82. The Morgan fingerprint density at radius 1 is 1.37 bits per heavy atom. The average Bonchev–Trinajstić information content (AvgIpc) is 3.19. The molecule has 1 heterocycles. The van der Waals surface area contributed by atoms with E-state index < -0.39 is 30.1 Å². The molecule has 2 atom stereocenters. The Kier molecular flexibility index (Phi) is 5.41. The number of amides is 1. The van der Waals surface area contributed by atoms with Gasteiger partial charge in [-0.2, -0.15) is 10.5 Å². The van der Waals surface area contributed by atoms with E-state index >= 15 is 0 Å². The standard InChI is InChI=1S/C18H13ClF2N4OS/c19-14-9-24-17(27-14)25-16(26)15(11-3-4-18(20,21)6-11)10-1-2-12(7-22)13(5-10)8-23/h1-2,5,9,11,15H,3-4,6H2,(H,24,25,26)/t11-,15-/m1/s1. The van der Waals surface area contributed by atoms with E-state index in [1.165, 1.54) is 24.4 Å². The summed E-state index contributed by atoms with van der Waals surface area (Å²) in [5.41, 5.74) is 0.701. The van der Waals surface area contributed by atoms with Gasteiger partial charge in [-0.25, -0.2) is 13.8 Å². The van der Waals surface area contributed by atoms with E-state index in [2.05, 4.69) is 10.3 Å². The summed E-state index contributed by atoms with van der Waals surface area (Å²) in [4.78, 5) is 16.9. The quantitative estimate of drug-likeness (QED) is 0.796. The molecule has 1 aromatic carbocycles. The van der Waals surface area contributed by atoms with Crippen molar-refractivity contribution >= 4 is 34.0 Å². The molecule has 0 spiro atoms. The second kappa shape index (κ2) is 7.59. The molecule has 1 aromatic heterocycles. The molecule has 9 heteroatoms. The Morgan fingerprint density at radius 3 is 2.67 bits per heavy atom. The maximum Gasteiger partial charge on any atom is 0.248 e. The van der Waals surface area contributed by atoms with Gasteiger partial charge in [0.05, 0.1) is 23.2 Å². The number of carbonyl (C=O) groups is 1. The first kappa shape index (κ1) is 19.2. The maximum atomic E-state index is 13.8. The topological polar surface area (TPSA) is 89.6 Å². The van der Waals surface area contributed by atoms with Crippen molar-refractivity contribution < 1.29 is 13.6 Å². The van der Waals surface area contributed by atoms with Crippen LogP contribution in [0.25, 0.3) is 0 Å². The van der Waals surface area contributed by atoms with Crippen LogP contribution >= 0.6 is 22.9 Å². The first-order valence-corrected chi connectivity index (χ1v) is 9.26. The minimum absolute atomic E-state index is 0.106. The number of anilines is 1. The second-order valence-corrected chi connectivity index (χ2v) is 7.99. The first-order valence-electron chi connectivity index (χ1n) is 8.07. The van der Waals surface area contributed by atoms with Gasteiger partial charge in [-0.15, -0.1) is 0 Å². The third kappa shape index (κ3) is 4.24. The molecular weight excluding hydrogens is 394 g/mol. The largest absolute Gasteiger partial charge is 0.301 e. The summed E-state index contributed by atoms with van der Waals surface area (Å²) >= 11 is 6.88. The van der Waals surface area contributed by atoms with E-state index in [0.29, 0.717) is 9.90 Å². The number of rotatable bonds is 4. The van der Waals surface area contributed by atoms with Crippen LogP contribution in [0.15, 0.2) is 24.4 Å². The lowest BCUT2D eigenvalue weighted by Gasteiger charge is -2.23. The second-order valence-electron chi connectivity index (χ2n) is 6.32. The molecule has 3 rings (SSSR count). The summed E-state index contributed by atoms with van der Waals surface area (Å²) in [7, 11) is 0. The van der Waals surface area contributed by atoms with Crippen LogP contribution < -0.4 is 5.32 Å². The number of benzene rings is 1. The van der Waals surface area contributed by atoms with Crippen LogP contribution in [0.1, 0.15) is 41.9 Å². The Bertz CT molecular complexity index is 963. The minimum Gasteiger partial charge on any atom is -0.301 e. The number of aromatic nitrogens is 1. The molecule has 0 radical (unpaired) electrons. The average molecular weight is 407 g/mol. The van der Waals surface area contributed by atoms with Crippen LogP contribution in [-0.4, -0.2) is 16.8 Å². The smallest absolute Gasteiger partial charge is 0.248 e. The predicted octanol–water partition coefficient (Wildman–Crippen LogP) is 4.70. The van der Waals surface area contributed by atoms with Gasteiger partial charge in [0.2, 0.25) is 11.8 Å². The number of halogens is 3. The van der Waals surface area contributed by atoms with Crippen molar-refractivity contribution in [1.82, 2.24) is 4.98 Å². The van der Waals surface area contributed by atoms with E-state index in [4.69, 9.17) is 16.9 Å². The fourth-order valence-corrected chi connectivity index (χ4v) is 4.16. The lowest BCUT2D eigenvalue weighted by molar-refractivity contribution is -0.118. The zero-order chi connectivity index (χ0) is 19.6. The number of thiazole rings is 1. The zero-order valence-electron chi connectivity index (χ0n) is 13.9. The number of carbonyl (C=O) groups excluding carboxylic acids is 1. The highest BCUT2D eigenvalue weighted by Crippen LogP contribution is 2.46. The molecule has 0 saturated heterocycles. The molecular formula is C18H13ClF2N4OS. The summed E-state index contributed by atoms with van der Waals surface area (Å²) in [5.74, 6) is -4.79. The lowest BCUT2D eigenvalue weighted by atomic mass is 9.83. The van der Waals surface area contributed by atoms with E-state index in [9.17, 15) is 18.8 Å². The number of alkyl halides is 2. The highest BCUT2D eigenvalue weighted by Gasteiger charge is 2.45. The van der Waals surface area contributed by atoms with E-state index in [1.54, 1.807) is 0 Å². The van der Waals surface area contributed by atoms with Gasteiger partial charge in [0, 0.05) is 12.8 Å². The van der Waals surface area contributed by atoms with Gasteiger partial charge in [0.1, 0.15) is 16.5 Å². The lowest BCUT2D eigenvalue weighted by Crippen LogP contribution is -2.27. The van der Waals surface area contributed by atoms with Crippen molar-refractivity contribution in [3.05, 3.63) is 45.4 Å². The van der Waals surface area contributed by atoms with Gasteiger partial charge >= 0.3 is 0 Å². The highest BCUT2D eigenvalue weighted by atomic mass is 35.5. The summed E-state index contributed by atoms with van der Waals surface area (Å²) in [6.07, 6.45) is 0.874. The summed E-state index contributed by atoms with van der Waals surface area (Å²) in [5, 5.41) is 21.2. The van der Waals surface area contributed by atoms with Crippen LogP contribution in [0.3, 0.4) is 0 Å². The molecule has 1 amide bonds. The molecule has 0 aliphatic heterocycles. The zero-order valence-corrected chi connectivity index (χ0v) is 15.4. The normalized spacial score (nSPS) is 19.1. The molecule has 1 saturated carbocycles. The van der Waals surface area contributed by atoms with Gasteiger partial charge < -0.3 is 5.32 Å². The fraction of sp³-hybridized carbons (Fsp3) is 0.333. The number of nitrogens with one attached hydrogen (secondary N) is 1. The molecule has 1 aliphatic carbocycles. The summed E-state index contributed by atoms with van der Waals surface area (Å²) < 4.78 is 27.9. The van der Waals surface area contributed by atoms with Crippen molar-refractivity contribution in [3.8, 4) is 12.1 Å². The van der Waals surface area contributed by atoms with Crippen molar-refractivity contribution in [2.24, 2.45) is 5.92 Å². The number of hydrogen-bond acceptors (Lipinski definition) is 5. The molecule has 2 aromatic rings. The maximum absolute atomic E-state index is 13.8. The van der Waals surface area contributed by atoms with Crippen LogP contribution in [0.2, 0.25) is 4.34 Å². The van der Waals surface area contributed by atoms with Crippen molar-refractivity contribution in [2.75, 3.05) is 5.32 Å². The molecule has 27 heavy (non-hydrogen) atoms. The van der Waals surface area contributed by atoms with Crippen LogP contribution in [0, 0.1) is 28.6 Å². The van der Waals surface area contributed by atoms with Crippen LogP contribution in [0.4, 0.5) is 13.9 Å². The Hall–Kier alpha value is -2.55. The fourth-order valence-electron chi connectivity index (χ4n) is 3.35. The Labute approximate surface area is 163 Å². The van der Waals surface area contributed by atoms with Gasteiger partial charge in [-0.05, 0) is 30.0 Å². The van der Waals surface area contributed by atoms with Crippen molar-refractivity contribution in [1.29, 1.82) is 10.5 Å². The van der Waals surface area contributed by atoms with Crippen LogP contribution in [-0.2, 0) is 4.79 Å². The van der Waals surface area contributed by atoms with Gasteiger partial charge in [-0.1, -0.05) is 29.0 Å². The van der Waals surface area contributed by atoms with E-state index in [1.807, 2.05) is 12.1 Å². The Balaban J connectivity index is 1.96. The summed E-state index contributed by atoms with van der Waals surface area (Å²) in [6, 6.07) is 8.20. The Morgan fingerprint density at radius 2 is 2.11 bits per heavy atom. The monoisotopic (exact) mass is 406 g/mol. The van der Waals surface area contributed by atoms with E-state index in [0.717, 1.165) is 11.3 Å². The first-order chi connectivity index (χ1) is 12.8. The molecule has 1 fully saturated rings.